The number of nitrogens with zero attached hydrogens (tertiary/aromatic N) is 1. The molecule has 3 nitrogen and oxygen atoms in total. The van der Waals surface area contributed by atoms with Gasteiger partial charge in [0.15, 0.2) is 0 Å². The van der Waals surface area contributed by atoms with E-state index in [0.29, 0.717) is 0 Å². The van der Waals surface area contributed by atoms with Crippen molar-refractivity contribution in [2.75, 3.05) is 12.0 Å². The number of ether oxygens (including phenoxy) is 1. The zero-order valence-electron chi connectivity index (χ0n) is 19.5. The molecule has 0 heterocycles. The molecule has 1 aliphatic carbocycles. The highest BCUT2D eigenvalue weighted by atomic mass is 16.5. The van der Waals surface area contributed by atoms with Crippen molar-refractivity contribution in [1.82, 2.24) is 0 Å². The molecule has 168 valence electrons. The van der Waals surface area contributed by atoms with Crippen molar-refractivity contribution in [2.45, 2.75) is 26.9 Å². The molecule has 3 heteroatoms. The number of benzene rings is 3. The monoisotopic (exact) mass is 437 g/mol. The SMILES string of the molecule is COc1ccc(N(c2ccc(C=CC3=CC=CC(C)(C)C3)cc2)c2ccc(CO)cc2)cc1. The second-order valence-corrected chi connectivity index (χ2v) is 9.05. The van der Waals surface area contributed by atoms with Gasteiger partial charge in [-0.05, 0) is 77.1 Å². The molecule has 1 N–H and O–H groups in total. The Hall–Kier alpha value is -3.56. The number of rotatable bonds is 7. The average Bonchev–Trinajstić information content (AvgIpc) is 2.84. The van der Waals surface area contributed by atoms with E-state index in [0.717, 1.165) is 40.4 Å². The second kappa shape index (κ2) is 9.93. The first kappa shape index (κ1) is 22.6. The molecule has 0 fully saturated rings. The van der Waals surface area contributed by atoms with Gasteiger partial charge >= 0.3 is 0 Å². The largest absolute Gasteiger partial charge is 0.497 e. The second-order valence-electron chi connectivity index (χ2n) is 9.05. The highest BCUT2D eigenvalue weighted by molar-refractivity contribution is 5.77. The van der Waals surface area contributed by atoms with Crippen LogP contribution in [0.1, 0.15) is 31.4 Å². The molecule has 0 aliphatic heterocycles. The predicted molar refractivity (Wildman–Crippen MR) is 138 cm³/mol. The summed E-state index contributed by atoms with van der Waals surface area (Å²) in [6.45, 7) is 4.56. The fourth-order valence-electron chi connectivity index (χ4n) is 4.06. The van der Waals surface area contributed by atoms with Gasteiger partial charge in [0.2, 0.25) is 0 Å². The van der Waals surface area contributed by atoms with Gasteiger partial charge in [-0.1, -0.05) is 68.5 Å². The van der Waals surface area contributed by atoms with E-state index in [-0.39, 0.29) is 12.0 Å². The van der Waals surface area contributed by atoms with E-state index < -0.39 is 0 Å². The summed E-state index contributed by atoms with van der Waals surface area (Å²) in [5.74, 6) is 0.824. The van der Waals surface area contributed by atoms with Crippen LogP contribution in [0.25, 0.3) is 6.08 Å². The van der Waals surface area contributed by atoms with Crippen molar-refractivity contribution in [2.24, 2.45) is 5.41 Å². The Bertz CT molecular complexity index is 1100. The van der Waals surface area contributed by atoms with Crippen LogP contribution < -0.4 is 9.64 Å². The predicted octanol–water partition coefficient (Wildman–Crippen LogP) is 7.58. The molecule has 0 amide bonds. The van der Waals surface area contributed by atoms with Crippen molar-refractivity contribution < 1.29 is 9.84 Å². The first-order chi connectivity index (χ1) is 16.0. The highest BCUT2D eigenvalue weighted by Gasteiger charge is 2.17. The molecule has 0 spiro atoms. The lowest BCUT2D eigenvalue weighted by atomic mass is 9.82. The Morgan fingerprint density at radius 3 is 1.97 bits per heavy atom. The lowest BCUT2D eigenvalue weighted by Crippen LogP contribution is -2.10. The number of allylic oxidation sites excluding steroid dienone is 5. The Kier molecular flexibility index (Phi) is 6.81. The molecule has 4 rings (SSSR count). The maximum Gasteiger partial charge on any atom is 0.119 e. The third kappa shape index (κ3) is 5.63. The van der Waals surface area contributed by atoms with Crippen LogP contribution >= 0.6 is 0 Å². The van der Waals surface area contributed by atoms with Gasteiger partial charge in [-0.2, -0.15) is 0 Å². The molecular formula is C30H31NO2. The maximum absolute atomic E-state index is 9.42. The fourth-order valence-corrected chi connectivity index (χ4v) is 4.06. The summed E-state index contributed by atoms with van der Waals surface area (Å²) in [5.41, 5.74) is 6.74. The summed E-state index contributed by atoms with van der Waals surface area (Å²) in [6.07, 6.45) is 12.1. The minimum absolute atomic E-state index is 0.0350. The van der Waals surface area contributed by atoms with Crippen molar-refractivity contribution in [3.05, 3.63) is 114 Å². The quantitative estimate of drug-likeness (QED) is 0.413. The summed E-state index contributed by atoms with van der Waals surface area (Å²) < 4.78 is 5.33. The van der Waals surface area contributed by atoms with Crippen molar-refractivity contribution >= 4 is 23.1 Å². The molecule has 0 radical (unpaired) electrons. The van der Waals surface area contributed by atoms with E-state index in [1.165, 1.54) is 5.57 Å². The van der Waals surface area contributed by atoms with Crippen LogP contribution in [0.2, 0.25) is 0 Å². The molecule has 3 aromatic rings. The van der Waals surface area contributed by atoms with Crippen LogP contribution in [0.3, 0.4) is 0 Å². The number of hydrogen-bond donors (Lipinski definition) is 1. The molecule has 0 unspecified atom stereocenters. The Labute approximate surface area is 197 Å². The zero-order valence-corrected chi connectivity index (χ0v) is 19.5. The number of anilines is 3. The van der Waals surface area contributed by atoms with E-state index >= 15 is 0 Å². The van der Waals surface area contributed by atoms with Gasteiger partial charge in [0.25, 0.3) is 0 Å². The van der Waals surface area contributed by atoms with Crippen LogP contribution in [-0.2, 0) is 6.61 Å². The van der Waals surface area contributed by atoms with Crippen LogP contribution in [-0.4, -0.2) is 12.2 Å². The number of aliphatic hydroxyl groups is 1. The first-order valence-corrected chi connectivity index (χ1v) is 11.3. The van der Waals surface area contributed by atoms with Crippen molar-refractivity contribution in [1.29, 1.82) is 0 Å². The van der Waals surface area contributed by atoms with E-state index in [9.17, 15) is 5.11 Å². The van der Waals surface area contributed by atoms with Crippen molar-refractivity contribution in [3.63, 3.8) is 0 Å². The fraction of sp³-hybridized carbons (Fsp3) is 0.200. The van der Waals surface area contributed by atoms with Gasteiger partial charge in [0, 0.05) is 17.1 Å². The Balaban J connectivity index is 1.62. The molecule has 0 saturated heterocycles. The normalized spacial score (nSPS) is 14.8. The summed E-state index contributed by atoms with van der Waals surface area (Å²) in [6, 6.07) is 24.6. The Morgan fingerprint density at radius 1 is 0.848 bits per heavy atom. The van der Waals surface area contributed by atoms with Crippen LogP contribution in [0.4, 0.5) is 17.1 Å². The van der Waals surface area contributed by atoms with Crippen molar-refractivity contribution in [3.8, 4) is 5.75 Å². The number of methoxy groups -OCH3 is 1. The van der Waals surface area contributed by atoms with Crippen LogP contribution in [0, 0.1) is 5.41 Å². The molecule has 3 aromatic carbocycles. The topological polar surface area (TPSA) is 32.7 Å². The highest BCUT2D eigenvalue weighted by Crippen LogP contribution is 2.36. The van der Waals surface area contributed by atoms with Crippen LogP contribution in [0.5, 0.6) is 5.75 Å². The lowest BCUT2D eigenvalue weighted by Gasteiger charge is -2.26. The maximum atomic E-state index is 9.42. The molecular weight excluding hydrogens is 406 g/mol. The Morgan fingerprint density at radius 2 is 1.42 bits per heavy atom. The minimum atomic E-state index is 0.0350. The standard InChI is InChI=1S/C30H31NO2/c1-30(2)20-4-5-24(21-30)7-6-23-8-12-26(13-9-23)31(27-14-10-25(22-32)11-15-27)28-16-18-29(33-3)19-17-28/h4-20,32H,21-22H2,1-3H3. The van der Waals surface area contributed by atoms with Gasteiger partial charge < -0.3 is 14.7 Å². The van der Waals surface area contributed by atoms with Gasteiger partial charge in [0.05, 0.1) is 13.7 Å². The number of hydrogen-bond acceptors (Lipinski definition) is 3. The molecule has 33 heavy (non-hydrogen) atoms. The zero-order chi connectivity index (χ0) is 23.3. The molecule has 0 bridgehead atoms. The smallest absolute Gasteiger partial charge is 0.119 e. The van der Waals surface area contributed by atoms with E-state index in [4.69, 9.17) is 4.74 Å². The lowest BCUT2D eigenvalue weighted by molar-refractivity contribution is 0.282. The molecule has 1 aliphatic rings. The van der Waals surface area contributed by atoms with Gasteiger partial charge in [0.1, 0.15) is 5.75 Å². The summed E-state index contributed by atoms with van der Waals surface area (Å²) >= 11 is 0. The average molecular weight is 438 g/mol. The molecule has 0 saturated carbocycles. The molecule has 0 aromatic heterocycles. The number of aliphatic hydroxyl groups excluding tert-OH is 1. The van der Waals surface area contributed by atoms with Gasteiger partial charge in [-0.25, -0.2) is 0 Å². The summed E-state index contributed by atoms with van der Waals surface area (Å²) in [5, 5.41) is 9.42. The van der Waals surface area contributed by atoms with Gasteiger partial charge in [-0.15, -0.1) is 0 Å². The van der Waals surface area contributed by atoms with Gasteiger partial charge in [-0.3, -0.25) is 0 Å². The molecule has 0 atom stereocenters. The summed E-state index contributed by atoms with van der Waals surface area (Å²) in [4.78, 5) is 2.20. The van der Waals surface area contributed by atoms with E-state index in [2.05, 4.69) is 85.5 Å². The van der Waals surface area contributed by atoms with E-state index in [1.54, 1.807) is 7.11 Å². The summed E-state index contributed by atoms with van der Waals surface area (Å²) in [7, 11) is 1.67. The minimum Gasteiger partial charge on any atom is -0.497 e. The first-order valence-electron chi connectivity index (χ1n) is 11.3. The van der Waals surface area contributed by atoms with Crippen LogP contribution in [0.15, 0.2) is 103 Å². The third-order valence-electron chi connectivity index (χ3n) is 5.87. The third-order valence-corrected chi connectivity index (χ3v) is 5.87. The van der Waals surface area contributed by atoms with E-state index in [1.807, 2.05) is 36.4 Å².